The van der Waals surface area contributed by atoms with Crippen molar-refractivity contribution < 1.29 is 5.11 Å². The van der Waals surface area contributed by atoms with Crippen molar-refractivity contribution in [3.05, 3.63) is 56.0 Å². The first-order chi connectivity index (χ1) is 9.38. The van der Waals surface area contributed by atoms with Gasteiger partial charge in [0.15, 0.2) is 0 Å². The zero-order valence-corrected chi connectivity index (χ0v) is 14.8. The normalized spacial score (nSPS) is 12.2. The molecule has 4 heteroatoms. The average molecular weight is 399 g/mol. The molecule has 2 aromatic carbocycles. The molecule has 0 aliphatic carbocycles. The Hall–Kier alpha value is -1.00. The first-order valence-corrected chi connectivity index (χ1v) is 7.99. The van der Waals surface area contributed by atoms with Gasteiger partial charge in [0.1, 0.15) is 5.75 Å². The Balaban J connectivity index is 2.27. The molecule has 0 fully saturated rings. The second-order valence-corrected chi connectivity index (χ2v) is 6.76. The molecule has 0 spiro atoms. The highest BCUT2D eigenvalue weighted by Gasteiger charge is 2.11. The highest BCUT2D eigenvalue weighted by atomic mass is 79.9. The molecule has 0 saturated carbocycles. The zero-order valence-electron chi connectivity index (χ0n) is 11.7. The van der Waals surface area contributed by atoms with Gasteiger partial charge < -0.3 is 10.4 Å². The van der Waals surface area contributed by atoms with E-state index in [1.165, 1.54) is 5.56 Å². The van der Waals surface area contributed by atoms with Gasteiger partial charge in [0.2, 0.25) is 0 Å². The number of benzene rings is 2. The third-order valence-corrected chi connectivity index (χ3v) is 4.52. The number of hydrogen-bond donors (Lipinski definition) is 2. The lowest BCUT2D eigenvalue weighted by atomic mass is 10.1. The van der Waals surface area contributed by atoms with Crippen LogP contribution < -0.4 is 5.32 Å². The monoisotopic (exact) mass is 397 g/mol. The van der Waals surface area contributed by atoms with E-state index in [0.29, 0.717) is 5.75 Å². The van der Waals surface area contributed by atoms with Gasteiger partial charge in [-0.25, -0.2) is 0 Å². The number of nitrogens with one attached hydrogen (secondary N) is 1. The number of aryl methyl sites for hydroxylation is 2. The second kappa shape index (κ2) is 6.19. The molecule has 1 atom stereocenters. The molecule has 2 rings (SSSR count). The summed E-state index contributed by atoms with van der Waals surface area (Å²) in [6.07, 6.45) is 0. The van der Waals surface area contributed by atoms with Crippen LogP contribution >= 0.6 is 31.9 Å². The molecule has 2 N–H and O–H groups in total. The van der Waals surface area contributed by atoms with Gasteiger partial charge in [-0.15, -0.1) is 0 Å². The van der Waals surface area contributed by atoms with Crippen molar-refractivity contribution in [1.29, 1.82) is 0 Å². The van der Waals surface area contributed by atoms with E-state index in [0.717, 1.165) is 25.8 Å². The summed E-state index contributed by atoms with van der Waals surface area (Å²) in [7, 11) is 0. The van der Waals surface area contributed by atoms with Gasteiger partial charge in [-0.2, -0.15) is 0 Å². The predicted octanol–water partition coefficient (Wildman–Crippen LogP) is 5.71. The maximum atomic E-state index is 9.71. The summed E-state index contributed by atoms with van der Waals surface area (Å²) in [4.78, 5) is 0. The lowest BCUT2D eigenvalue weighted by Crippen LogP contribution is -2.08. The SMILES string of the molecule is Cc1cc(NC(C)c2ccc(Br)cc2Br)c(C)cc1O. The van der Waals surface area contributed by atoms with Gasteiger partial charge in [0, 0.05) is 20.7 Å². The molecule has 0 aliphatic heterocycles. The summed E-state index contributed by atoms with van der Waals surface area (Å²) in [6, 6.07) is 10.1. The minimum Gasteiger partial charge on any atom is -0.508 e. The third kappa shape index (κ3) is 3.36. The molecular weight excluding hydrogens is 382 g/mol. The van der Waals surface area contributed by atoms with Crippen molar-refractivity contribution in [2.75, 3.05) is 5.32 Å². The summed E-state index contributed by atoms with van der Waals surface area (Å²) < 4.78 is 2.12. The van der Waals surface area contributed by atoms with Crippen LogP contribution in [0.5, 0.6) is 5.75 Å². The second-order valence-electron chi connectivity index (χ2n) is 4.99. The summed E-state index contributed by atoms with van der Waals surface area (Å²) in [5.41, 5.74) is 4.15. The number of phenolic OH excluding ortho intramolecular Hbond substituents is 1. The van der Waals surface area contributed by atoms with Gasteiger partial charge in [0.05, 0.1) is 0 Å². The van der Waals surface area contributed by atoms with E-state index in [1.54, 1.807) is 6.07 Å². The highest BCUT2D eigenvalue weighted by Crippen LogP contribution is 2.31. The maximum Gasteiger partial charge on any atom is 0.118 e. The van der Waals surface area contributed by atoms with Crippen LogP contribution in [0.1, 0.15) is 29.7 Å². The summed E-state index contributed by atoms with van der Waals surface area (Å²) in [5, 5.41) is 13.2. The van der Waals surface area contributed by atoms with Crippen LogP contribution in [0.15, 0.2) is 39.3 Å². The fourth-order valence-corrected chi connectivity index (χ4v) is 3.51. The van der Waals surface area contributed by atoms with Crippen molar-refractivity contribution in [1.82, 2.24) is 0 Å². The first-order valence-electron chi connectivity index (χ1n) is 6.40. The van der Waals surface area contributed by atoms with Crippen LogP contribution in [-0.4, -0.2) is 5.11 Å². The summed E-state index contributed by atoms with van der Waals surface area (Å²) >= 11 is 7.06. The largest absolute Gasteiger partial charge is 0.508 e. The Morgan fingerprint density at radius 3 is 2.40 bits per heavy atom. The van der Waals surface area contributed by atoms with Gasteiger partial charge in [-0.05, 0) is 61.7 Å². The zero-order chi connectivity index (χ0) is 14.9. The number of rotatable bonds is 3. The fraction of sp³-hybridized carbons (Fsp3) is 0.250. The van der Waals surface area contributed by atoms with E-state index in [4.69, 9.17) is 0 Å². The van der Waals surface area contributed by atoms with Crippen molar-refractivity contribution in [2.45, 2.75) is 26.8 Å². The van der Waals surface area contributed by atoms with E-state index < -0.39 is 0 Å². The maximum absolute atomic E-state index is 9.71. The molecule has 0 amide bonds. The van der Waals surface area contributed by atoms with Crippen LogP contribution in [-0.2, 0) is 0 Å². The van der Waals surface area contributed by atoms with Crippen molar-refractivity contribution >= 4 is 37.5 Å². The van der Waals surface area contributed by atoms with Gasteiger partial charge in [-0.3, -0.25) is 0 Å². The fourth-order valence-electron chi connectivity index (χ4n) is 2.12. The molecule has 0 saturated heterocycles. The molecule has 2 aromatic rings. The quantitative estimate of drug-likeness (QED) is 0.649. The lowest BCUT2D eigenvalue weighted by Gasteiger charge is -2.19. The lowest BCUT2D eigenvalue weighted by molar-refractivity contribution is 0.470. The highest BCUT2D eigenvalue weighted by molar-refractivity contribution is 9.11. The van der Waals surface area contributed by atoms with Crippen molar-refractivity contribution in [2.24, 2.45) is 0 Å². The number of hydrogen-bond acceptors (Lipinski definition) is 2. The van der Waals surface area contributed by atoms with E-state index in [1.807, 2.05) is 32.0 Å². The number of aromatic hydroxyl groups is 1. The average Bonchev–Trinajstić information content (AvgIpc) is 2.35. The van der Waals surface area contributed by atoms with E-state index in [-0.39, 0.29) is 6.04 Å². The number of anilines is 1. The van der Waals surface area contributed by atoms with E-state index >= 15 is 0 Å². The Kier molecular flexibility index (Phi) is 4.76. The predicted molar refractivity (Wildman–Crippen MR) is 91.5 cm³/mol. The Labute approximate surface area is 136 Å². The van der Waals surface area contributed by atoms with Gasteiger partial charge in [0.25, 0.3) is 0 Å². The van der Waals surface area contributed by atoms with Crippen LogP contribution in [0.3, 0.4) is 0 Å². The standard InChI is InChI=1S/C16H17Br2NO/c1-9-7-16(20)10(2)6-15(9)19-11(3)13-5-4-12(17)8-14(13)18/h4-8,11,19-20H,1-3H3. The minimum atomic E-state index is 0.167. The number of halogens is 2. The van der Waals surface area contributed by atoms with E-state index in [2.05, 4.69) is 50.2 Å². The van der Waals surface area contributed by atoms with Crippen LogP contribution in [0, 0.1) is 13.8 Å². The molecule has 20 heavy (non-hydrogen) atoms. The smallest absolute Gasteiger partial charge is 0.118 e. The molecule has 0 aliphatic rings. The van der Waals surface area contributed by atoms with Crippen LogP contribution in [0.25, 0.3) is 0 Å². The summed E-state index contributed by atoms with van der Waals surface area (Å²) in [6.45, 7) is 6.01. The molecule has 1 unspecified atom stereocenters. The molecule has 0 radical (unpaired) electrons. The Morgan fingerprint density at radius 2 is 1.75 bits per heavy atom. The third-order valence-electron chi connectivity index (χ3n) is 3.34. The van der Waals surface area contributed by atoms with Crippen molar-refractivity contribution in [3.8, 4) is 5.75 Å². The topological polar surface area (TPSA) is 32.3 Å². The molecule has 106 valence electrons. The molecular formula is C16H17Br2NO. The Morgan fingerprint density at radius 1 is 1.05 bits per heavy atom. The molecule has 0 heterocycles. The summed E-state index contributed by atoms with van der Waals surface area (Å²) in [5.74, 6) is 0.338. The molecule has 0 bridgehead atoms. The number of phenols is 1. The molecule has 0 aromatic heterocycles. The van der Waals surface area contributed by atoms with Crippen LogP contribution in [0.4, 0.5) is 5.69 Å². The van der Waals surface area contributed by atoms with Gasteiger partial charge >= 0.3 is 0 Å². The molecule has 2 nitrogen and oxygen atoms in total. The minimum absolute atomic E-state index is 0.167. The first kappa shape index (κ1) is 15.4. The van der Waals surface area contributed by atoms with Gasteiger partial charge in [-0.1, -0.05) is 37.9 Å². The van der Waals surface area contributed by atoms with Crippen LogP contribution in [0.2, 0.25) is 0 Å². The van der Waals surface area contributed by atoms with E-state index in [9.17, 15) is 5.11 Å². The Bertz CT molecular complexity index is 641. The van der Waals surface area contributed by atoms with Crippen molar-refractivity contribution in [3.63, 3.8) is 0 Å².